The molecule has 0 saturated carbocycles. The van der Waals surface area contributed by atoms with Crippen LogP contribution in [0.5, 0.6) is 0 Å². The minimum atomic E-state index is 0. The summed E-state index contributed by atoms with van der Waals surface area (Å²) in [7, 11) is 1.95. The molecule has 1 N–H and O–H groups in total. The van der Waals surface area contributed by atoms with E-state index in [1.54, 1.807) is 0 Å². The van der Waals surface area contributed by atoms with Crippen molar-refractivity contribution in [2.75, 3.05) is 19.6 Å². The van der Waals surface area contributed by atoms with Crippen LogP contribution in [0.2, 0.25) is 0 Å². The first-order chi connectivity index (χ1) is 8.31. The molecular weight excluding hydrogens is 341 g/mol. The molecule has 18 heavy (non-hydrogen) atoms. The summed E-state index contributed by atoms with van der Waals surface area (Å²) in [5.41, 5.74) is 1.14. The van der Waals surface area contributed by atoms with Gasteiger partial charge in [0, 0.05) is 32.9 Å². The van der Waals surface area contributed by atoms with E-state index in [2.05, 4.69) is 27.2 Å². The highest BCUT2D eigenvalue weighted by Gasteiger charge is 2.15. The molecule has 2 heterocycles. The molecule has 0 amide bonds. The van der Waals surface area contributed by atoms with E-state index in [9.17, 15) is 0 Å². The van der Waals surface area contributed by atoms with Crippen LogP contribution < -0.4 is 5.32 Å². The smallest absolute Gasteiger partial charge is 0.194 e. The van der Waals surface area contributed by atoms with Gasteiger partial charge in [0.1, 0.15) is 0 Å². The number of hydrogen-bond donors (Lipinski definition) is 1. The lowest BCUT2D eigenvalue weighted by molar-refractivity contribution is 0.493. The third kappa shape index (κ3) is 3.86. The van der Waals surface area contributed by atoms with Gasteiger partial charge in [-0.3, -0.25) is 4.68 Å². The van der Waals surface area contributed by atoms with Crippen LogP contribution in [0, 0.1) is 0 Å². The van der Waals surface area contributed by atoms with Crippen molar-refractivity contribution >= 4 is 29.9 Å². The largest absolute Gasteiger partial charge is 0.357 e. The molecule has 6 heteroatoms. The monoisotopic (exact) mass is 363 g/mol. The molecule has 2 rings (SSSR count). The van der Waals surface area contributed by atoms with Gasteiger partial charge in [0.05, 0.1) is 12.2 Å². The average molecular weight is 363 g/mol. The fraction of sp³-hybridized carbons (Fsp3) is 0.667. The fourth-order valence-electron chi connectivity index (χ4n) is 2.07. The third-order valence-electron chi connectivity index (χ3n) is 3.05. The third-order valence-corrected chi connectivity index (χ3v) is 3.05. The number of aliphatic imine (C=N–C) groups is 1. The molecule has 1 aromatic heterocycles. The van der Waals surface area contributed by atoms with Crippen molar-refractivity contribution in [3.8, 4) is 0 Å². The van der Waals surface area contributed by atoms with Gasteiger partial charge < -0.3 is 10.2 Å². The Labute approximate surface area is 126 Å². The maximum absolute atomic E-state index is 4.67. The Hall–Kier alpha value is -0.790. The Morgan fingerprint density at radius 2 is 2.17 bits per heavy atom. The normalized spacial score (nSPS) is 15.7. The summed E-state index contributed by atoms with van der Waals surface area (Å²) in [6.45, 7) is 5.96. The van der Waals surface area contributed by atoms with Gasteiger partial charge in [0.15, 0.2) is 5.96 Å². The number of guanidine groups is 1. The molecule has 0 radical (unpaired) electrons. The quantitative estimate of drug-likeness (QED) is 0.504. The summed E-state index contributed by atoms with van der Waals surface area (Å²) >= 11 is 0. The zero-order valence-electron chi connectivity index (χ0n) is 11.1. The van der Waals surface area contributed by atoms with Gasteiger partial charge in [-0.15, -0.1) is 24.0 Å². The average Bonchev–Trinajstić information content (AvgIpc) is 2.96. The van der Waals surface area contributed by atoms with Gasteiger partial charge in [-0.25, -0.2) is 4.99 Å². The Kier molecular flexibility index (Phi) is 6.45. The van der Waals surface area contributed by atoms with E-state index in [1.165, 1.54) is 12.8 Å². The lowest BCUT2D eigenvalue weighted by atomic mass is 10.4. The summed E-state index contributed by atoms with van der Waals surface area (Å²) in [6.07, 6.45) is 4.36. The SMILES string of the molecule is CCNC(=NCc1ccnn1C)N1CCCC1.I. The minimum Gasteiger partial charge on any atom is -0.357 e. The summed E-state index contributed by atoms with van der Waals surface area (Å²) in [5.74, 6) is 1.03. The van der Waals surface area contributed by atoms with Gasteiger partial charge in [-0.05, 0) is 25.8 Å². The second-order valence-corrected chi connectivity index (χ2v) is 4.31. The standard InChI is InChI=1S/C12H21N5.HI/c1-3-13-12(17-8-4-5-9-17)14-10-11-6-7-15-16(11)2;/h6-7H,3-5,8-10H2,1-2H3,(H,13,14);1H. The van der Waals surface area contributed by atoms with Crippen molar-refractivity contribution in [2.45, 2.75) is 26.3 Å². The second-order valence-electron chi connectivity index (χ2n) is 4.31. The second kappa shape index (κ2) is 7.60. The van der Waals surface area contributed by atoms with Crippen molar-refractivity contribution in [3.63, 3.8) is 0 Å². The van der Waals surface area contributed by atoms with Crippen LogP contribution >= 0.6 is 24.0 Å². The number of nitrogens with zero attached hydrogens (tertiary/aromatic N) is 4. The van der Waals surface area contributed by atoms with E-state index in [1.807, 2.05) is 24.0 Å². The molecule has 0 spiro atoms. The lowest BCUT2D eigenvalue weighted by Crippen LogP contribution is -2.39. The number of rotatable bonds is 3. The Morgan fingerprint density at radius 1 is 1.44 bits per heavy atom. The highest BCUT2D eigenvalue weighted by Crippen LogP contribution is 2.08. The van der Waals surface area contributed by atoms with E-state index >= 15 is 0 Å². The molecule has 1 aliphatic rings. The van der Waals surface area contributed by atoms with Crippen molar-refractivity contribution in [3.05, 3.63) is 18.0 Å². The Bertz CT molecular complexity index is 382. The van der Waals surface area contributed by atoms with E-state index in [0.29, 0.717) is 6.54 Å². The summed E-state index contributed by atoms with van der Waals surface area (Å²) in [4.78, 5) is 7.00. The van der Waals surface area contributed by atoms with E-state index in [-0.39, 0.29) is 24.0 Å². The zero-order valence-corrected chi connectivity index (χ0v) is 13.4. The van der Waals surface area contributed by atoms with Gasteiger partial charge in [0.2, 0.25) is 0 Å². The van der Waals surface area contributed by atoms with Crippen molar-refractivity contribution < 1.29 is 0 Å². The molecule has 1 aliphatic heterocycles. The van der Waals surface area contributed by atoms with E-state index in [4.69, 9.17) is 0 Å². The molecule has 0 atom stereocenters. The van der Waals surface area contributed by atoms with E-state index in [0.717, 1.165) is 31.3 Å². The van der Waals surface area contributed by atoms with Crippen LogP contribution in [0.15, 0.2) is 17.3 Å². The molecule has 102 valence electrons. The molecule has 1 aromatic rings. The molecule has 1 fully saturated rings. The maximum Gasteiger partial charge on any atom is 0.194 e. The highest BCUT2D eigenvalue weighted by atomic mass is 127. The number of hydrogen-bond acceptors (Lipinski definition) is 2. The minimum absolute atomic E-state index is 0. The number of nitrogens with one attached hydrogen (secondary N) is 1. The number of likely N-dealkylation sites (tertiary alicyclic amines) is 1. The summed E-state index contributed by atoms with van der Waals surface area (Å²) in [6, 6.07) is 2.01. The van der Waals surface area contributed by atoms with Crippen LogP contribution in [0.3, 0.4) is 0 Å². The van der Waals surface area contributed by atoms with Gasteiger partial charge in [-0.1, -0.05) is 0 Å². The molecule has 5 nitrogen and oxygen atoms in total. The van der Waals surface area contributed by atoms with Gasteiger partial charge >= 0.3 is 0 Å². The van der Waals surface area contributed by atoms with Crippen molar-refractivity contribution in [1.82, 2.24) is 20.0 Å². The van der Waals surface area contributed by atoms with Crippen LogP contribution in [0.1, 0.15) is 25.5 Å². The number of aryl methyl sites for hydroxylation is 1. The molecule has 0 unspecified atom stereocenters. The van der Waals surface area contributed by atoms with Crippen LogP contribution in [-0.2, 0) is 13.6 Å². The number of aromatic nitrogens is 2. The molecule has 1 saturated heterocycles. The Balaban J connectivity index is 0.00000162. The first-order valence-electron chi connectivity index (χ1n) is 6.31. The molecule has 0 bridgehead atoms. The fourth-order valence-corrected chi connectivity index (χ4v) is 2.07. The van der Waals surface area contributed by atoms with Crippen LogP contribution in [0.25, 0.3) is 0 Å². The molecular formula is C12H22IN5. The van der Waals surface area contributed by atoms with Gasteiger partial charge in [0.25, 0.3) is 0 Å². The van der Waals surface area contributed by atoms with Crippen molar-refractivity contribution in [2.24, 2.45) is 12.0 Å². The first-order valence-corrected chi connectivity index (χ1v) is 6.31. The molecule has 0 aliphatic carbocycles. The summed E-state index contributed by atoms with van der Waals surface area (Å²) < 4.78 is 1.87. The maximum atomic E-state index is 4.67. The lowest BCUT2D eigenvalue weighted by Gasteiger charge is -2.20. The Morgan fingerprint density at radius 3 is 2.72 bits per heavy atom. The first kappa shape index (κ1) is 15.3. The number of halogens is 1. The van der Waals surface area contributed by atoms with Gasteiger partial charge in [-0.2, -0.15) is 5.10 Å². The molecule has 0 aromatic carbocycles. The predicted octanol–water partition coefficient (Wildman–Crippen LogP) is 1.60. The van der Waals surface area contributed by atoms with Crippen LogP contribution in [0.4, 0.5) is 0 Å². The van der Waals surface area contributed by atoms with E-state index < -0.39 is 0 Å². The zero-order chi connectivity index (χ0) is 12.1. The summed E-state index contributed by atoms with van der Waals surface area (Å²) in [5, 5.41) is 7.50. The predicted molar refractivity (Wildman–Crippen MR) is 84.2 cm³/mol. The van der Waals surface area contributed by atoms with Crippen molar-refractivity contribution in [1.29, 1.82) is 0 Å². The highest BCUT2D eigenvalue weighted by molar-refractivity contribution is 14.0. The topological polar surface area (TPSA) is 45.5 Å². The van der Waals surface area contributed by atoms with Crippen LogP contribution in [-0.4, -0.2) is 40.3 Å².